The molecule has 0 radical (unpaired) electrons. The first-order chi connectivity index (χ1) is 15.0. The van der Waals surface area contributed by atoms with E-state index in [2.05, 4.69) is 11.4 Å². The molecule has 1 amide bonds. The number of carbonyl (C=O) groups excluding carboxylic acids is 1. The fraction of sp³-hybridized carbons (Fsp3) is 0.480. The molecular formula is C25H30N2O3S. The summed E-state index contributed by atoms with van der Waals surface area (Å²) in [6.45, 7) is 2.24. The van der Waals surface area contributed by atoms with Crippen molar-refractivity contribution in [3.05, 3.63) is 64.7 Å². The first-order valence-electron chi connectivity index (χ1n) is 11.4. The van der Waals surface area contributed by atoms with E-state index in [0.717, 1.165) is 42.5 Å². The summed E-state index contributed by atoms with van der Waals surface area (Å²) in [5.74, 6) is 0.0925. The van der Waals surface area contributed by atoms with Crippen molar-refractivity contribution < 1.29 is 13.2 Å². The minimum Gasteiger partial charge on any atom is -0.338 e. The van der Waals surface area contributed by atoms with Crippen LogP contribution in [-0.4, -0.2) is 38.4 Å². The first-order valence-corrected chi connectivity index (χ1v) is 12.5. The maximum atomic E-state index is 12.8. The predicted molar refractivity (Wildman–Crippen MR) is 121 cm³/mol. The second kappa shape index (κ2) is 8.40. The third-order valence-electron chi connectivity index (χ3n) is 7.49. The van der Waals surface area contributed by atoms with E-state index in [1.807, 2.05) is 41.3 Å². The molecule has 1 saturated carbocycles. The van der Waals surface area contributed by atoms with Crippen LogP contribution in [0, 0.1) is 5.41 Å². The Morgan fingerprint density at radius 2 is 1.94 bits per heavy atom. The number of hydrogen-bond donors (Lipinski definition) is 2. The monoisotopic (exact) mass is 438 g/mol. The lowest BCUT2D eigenvalue weighted by Crippen LogP contribution is -2.37. The summed E-state index contributed by atoms with van der Waals surface area (Å²) in [4.78, 5) is 15.1. The topological polar surface area (TPSA) is 66.5 Å². The second-order valence-electron chi connectivity index (χ2n) is 9.57. The van der Waals surface area contributed by atoms with Crippen LogP contribution in [-0.2, 0) is 41.3 Å². The smallest absolute Gasteiger partial charge is 0.227 e. The van der Waals surface area contributed by atoms with Crippen LogP contribution in [0.25, 0.3) is 0 Å². The molecule has 6 heteroatoms. The summed E-state index contributed by atoms with van der Waals surface area (Å²) in [5, 5.41) is 3.64. The average Bonchev–Trinajstić information content (AvgIpc) is 3.18. The van der Waals surface area contributed by atoms with Crippen molar-refractivity contribution in [1.82, 2.24) is 10.2 Å². The van der Waals surface area contributed by atoms with Crippen LogP contribution in [0.3, 0.4) is 0 Å². The van der Waals surface area contributed by atoms with Crippen molar-refractivity contribution in [2.24, 2.45) is 5.41 Å². The van der Waals surface area contributed by atoms with Gasteiger partial charge in [-0.3, -0.25) is 4.79 Å². The van der Waals surface area contributed by atoms with Gasteiger partial charge in [-0.2, -0.15) is 0 Å². The Morgan fingerprint density at radius 3 is 2.61 bits per heavy atom. The number of rotatable bonds is 5. The Morgan fingerprint density at radius 1 is 1.13 bits per heavy atom. The van der Waals surface area contributed by atoms with Crippen LogP contribution in [0.15, 0.2) is 47.4 Å². The largest absolute Gasteiger partial charge is 0.338 e. The van der Waals surface area contributed by atoms with E-state index in [0.29, 0.717) is 35.9 Å². The van der Waals surface area contributed by atoms with Crippen LogP contribution >= 0.6 is 0 Å². The maximum absolute atomic E-state index is 12.8. The molecule has 0 aromatic heterocycles. The van der Waals surface area contributed by atoms with Crippen LogP contribution in [0.5, 0.6) is 0 Å². The van der Waals surface area contributed by atoms with Crippen molar-refractivity contribution >= 4 is 16.6 Å². The van der Waals surface area contributed by atoms with Crippen molar-refractivity contribution in [2.75, 3.05) is 13.1 Å². The molecule has 164 valence electrons. The lowest BCUT2D eigenvalue weighted by molar-refractivity contribution is -0.131. The molecular weight excluding hydrogens is 408 g/mol. The third-order valence-corrected chi connectivity index (χ3v) is 8.30. The Bertz CT molecular complexity index is 1050. The van der Waals surface area contributed by atoms with E-state index in [-0.39, 0.29) is 5.91 Å². The maximum Gasteiger partial charge on any atom is 0.227 e. The number of benzene rings is 2. The molecule has 5 nitrogen and oxygen atoms in total. The minimum atomic E-state index is -2.67. The van der Waals surface area contributed by atoms with Gasteiger partial charge in [-0.25, -0.2) is 8.42 Å². The molecule has 2 fully saturated rings. The summed E-state index contributed by atoms with van der Waals surface area (Å²) < 4.78 is 24.1. The van der Waals surface area contributed by atoms with E-state index < -0.39 is 10.7 Å². The van der Waals surface area contributed by atoms with Gasteiger partial charge in [0, 0.05) is 25.7 Å². The summed E-state index contributed by atoms with van der Waals surface area (Å²) in [7, 11) is -2.67. The lowest BCUT2D eigenvalue weighted by atomic mass is 9.67. The molecule has 1 aliphatic carbocycles. The fourth-order valence-electron chi connectivity index (χ4n) is 5.57. The van der Waals surface area contributed by atoms with Crippen molar-refractivity contribution in [3.63, 3.8) is 0 Å². The highest BCUT2D eigenvalue weighted by molar-refractivity contribution is 7.72. The zero-order chi connectivity index (χ0) is 21.4. The summed E-state index contributed by atoms with van der Waals surface area (Å²) in [6, 6.07) is 14.0. The number of nitrogens with zero attached hydrogens (tertiary/aromatic N) is 1. The van der Waals surface area contributed by atoms with Gasteiger partial charge in [0.2, 0.25) is 5.91 Å². The van der Waals surface area contributed by atoms with Gasteiger partial charge in [0.25, 0.3) is 0 Å². The quantitative estimate of drug-likeness (QED) is 0.705. The van der Waals surface area contributed by atoms with E-state index in [1.165, 1.54) is 24.8 Å². The zero-order valence-electron chi connectivity index (χ0n) is 17.8. The molecule has 1 atom stereocenters. The molecule has 31 heavy (non-hydrogen) atoms. The highest BCUT2D eigenvalue weighted by Gasteiger charge is 2.43. The highest BCUT2D eigenvalue weighted by atomic mass is 32.2. The Labute approximate surface area is 185 Å². The summed E-state index contributed by atoms with van der Waals surface area (Å²) >= 11 is 0. The number of thiol groups is 1. The van der Waals surface area contributed by atoms with Crippen molar-refractivity contribution in [3.8, 4) is 0 Å². The first kappa shape index (κ1) is 20.7. The van der Waals surface area contributed by atoms with Crippen LogP contribution in [0.4, 0.5) is 0 Å². The van der Waals surface area contributed by atoms with Gasteiger partial charge in [-0.1, -0.05) is 42.8 Å². The van der Waals surface area contributed by atoms with E-state index >= 15 is 0 Å². The molecule has 2 aromatic rings. The molecule has 1 unspecified atom stereocenters. The summed E-state index contributed by atoms with van der Waals surface area (Å²) in [5.41, 5.74) is 4.58. The molecule has 1 spiro atoms. The standard InChI is InChI=1S/C25H30N2O3S/c28-24(11-18-5-2-1-3-6-18)27-10-7-19-12-20(23(31(29)30)14-21(19)16-27)13-22-15-25(17-26-22)8-4-9-25/h1-3,5-6,12,14,22,26,31H,4,7-11,13,15-17H2. The lowest BCUT2D eigenvalue weighted by Gasteiger charge is -2.37. The van der Waals surface area contributed by atoms with Crippen molar-refractivity contribution in [1.29, 1.82) is 0 Å². The van der Waals surface area contributed by atoms with Crippen LogP contribution in [0.2, 0.25) is 0 Å². The highest BCUT2D eigenvalue weighted by Crippen LogP contribution is 2.47. The van der Waals surface area contributed by atoms with E-state index in [4.69, 9.17) is 0 Å². The van der Waals surface area contributed by atoms with Gasteiger partial charge in [-0.05, 0) is 65.8 Å². The molecule has 1 N–H and O–H groups in total. The van der Waals surface area contributed by atoms with Crippen molar-refractivity contribution in [2.45, 2.75) is 62.4 Å². The van der Waals surface area contributed by atoms with Gasteiger partial charge < -0.3 is 10.2 Å². The molecule has 3 aliphatic rings. The van der Waals surface area contributed by atoms with Crippen LogP contribution in [0.1, 0.15) is 47.9 Å². The van der Waals surface area contributed by atoms with Crippen LogP contribution < -0.4 is 5.32 Å². The van der Waals surface area contributed by atoms with Gasteiger partial charge >= 0.3 is 0 Å². The van der Waals surface area contributed by atoms with Gasteiger partial charge in [-0.15, -0.1) is 0 Å². The Hall–Kier alpha value is -2.18. The fourth-order valence-corrected chi connectivity index (χ4v) is 6.22. The normalized spacial score (nSPS) is 21.8. The number of fused-ring (bicyclic) bond motifs is 1. The van der Waals surface area contributed by atoms with Gasteiger partial charge in [0.1, 0.15) is 0 Å². The van der Waals surface area contributed by atoms with E-state index in [1.54, 1.807) is 0 Å². The predicted octanol–water partition coefficient (Wildman–Crippen LogP) is 2.86. The number of carbonyl (C=O) groups is 1. The average molecular weight is 439 g/mol. The Balaban J connectivity index is 1.32. The molecule has 5 rings (SSSR count). The van der Waals surface area contributed by atoms with Gasteiger partial charge in [0.15, 0.2) is 10.7 Å². The van der Waals surface area contributed by atoms with E-state index in [9.17, 15) is 13.2 Å². The molecule has 0 bridgehead atoms. The Kier molecular flexibility index (Phi) is 5.61. The molecule has 2 aliphatic heterocycles. The minimum absolute atomic E-state index is 0.0925. The molecule has 2 heterocycles. The molecule has 1 saturated heterocycles. The second-order valence-corrected chi connectivity index (χ2v) is 10.6. The molecule has 2 aromatic carbocycles. The van der Waals surface area contributed by atoms with Gasteiger partial charge in [0.05, 0.1) is 11.3 Å². The number of nitrogens with one attached hydrogen (secondary N) is 1. The number of amides is 1. The zero-order valence-corrected chi connectivity index (χ0v) is 18.7. The summed E-state index contributed by atoms with van der Waals surface area (Å²) in [6.07, 6.45) is 7.01. The number of hydrogen-bond acceptors (Lipinski definition) is 4. The SMILES string of the molecule is O=C(Cc1ccccc1)N1CCc2cc(CC3CC4(CCC4)CN3)c([SH](=O)=O)cc2C1. The third kappa shape index (κ3) is 4.28.